The Morgan fingerprint density at radius 3 is 2.65 bits per heavy atom. The van der Waals surface area contributed by atoms with Crippen molar-refractivity contribution in [2.24, 2.45) is 0 Å². The molecule has 1 aromatic carbocycles. The number of nitrogens with zero attached hydrogens (tertiary/aromatic N) is 1. The maximum atomic E-state index is 12.6. The van der Waals surface area contributed by atoms with E-state index < -0.39 is 15.6 Å². The van der Waals surface area contributed by atoms with E-state index in [1.165, 1.54) is 4.31 Å². The van der Waals surface area contributed by atoms with Crippen molar-refractivity contribution < 1.29 is 18.3 Å². The average molecular weight is 299 g/mol. The van der Waals surface area contributed by atoms with Gasteiger partial charge in [0, 0.05) is 13.1 Å². The average Bonchev–Trinajstić information content (AvgIpc) is 2.37. The lowest BCUT2D eigenvalue weighted by Gasteiger charge is -2.36. The highest BCUT2D eigenvalue weighted by Crippen LogP contribution is 2.28. The van der Waals surface area contributed by atoms with Crippen molar-refractivity contribution >= 4 is 10.0 Å². The van der Waals surface area contributed by atoms with Gasteiger partial charge >= 0.3 is 0 Å². The Kier molecular flexibility index (Phi) is 4.09. The molecule has 1 fully saturated rings. The van der Waals surface area contributed by atoms with E-state index in [-0.39, 0.29) is 11.4 Å². The van der Waals surface area contributed by atoms with Crippen molar-refractivity contribution in [3.63, 3.8) is 0 Å². The molecule has 6 heteroatoms. The smallest absolute Gasteiger partial charge is 0.243 e. The Morgan fingerprint density at radius 1 is 1.40 bits per heavy atom. The van der Waals surface area contributed by atoms with Crippen LogP contribution in [0.1, 0.15) is 25.3 Å². The minimum absolute atomic E-state index is 0.139. The Morgan fingerprint density at radius 2 is 2.10 bits per heavy atom. The van der Waals surface area contributed by atoms with Crippen LogP contribution in [-0.2, 0) is 10.0 Å². The number of piperidine rings is 1. The third-order valence-electron chi connectivity index (χ3n) is 3.64. The SMILES string of the molecule is COc1ccc(S(=O)(=O)N2CCCC(C)(O)C2)cc1C. The van der Waals surface area contributed by atoms with Crippen LogP contribution in [0.3, 0.4) is 0 Å². The molecule has 1 unspecified atom stereocenters. The molecular weight excluding hydrogens is 278 g/mol. The Bertz CT molecular complexity index is 595. The summed E-state index contributed by atoms with van der Waals surface area (Å²) in [6, 6.07) is 4.81. The van der Waals surface area contributed by atoms with Crippen LogP contribution in [0.5, 0.6) is 5.75 Å². The number of aliphatic hydroxyl groups is 1. The number of methoxy groups -OCH3 is 1. The fourth-order valence-corrected chi connectivity index (χ4v) is 4.22. The number of aryl methyl sites for hydroxylation is 1. The zero-order valence-electron chi connectivity index (χ0n) is 12.1. The lowest BCUT2D eigenvalue weighted by molar-refractivity contribution is 0.00940. The van der Waals surface area contributed by atoms with Crippen LogP contribution in [0.25, 0.3) is 0 Å². The summed E-state index contributed by atoms with van der Waals surface area (Å²) in [5.41, 5.74) is -0.176. The van der Waals surface area contributed by atoms with Gasteiger partial charge in [-0.25, -0.2) is 8.42 Å². The first-order chi connectivity index (χ1) is 9.26. The number of β-amino-alcohol motifs (C(OH)–C–C–N with tert-alkyl or cyclic N) is 1. The Balaban J connectivity index is 2.33. The van der Waals surface area contributed by atoms with Gasteiger partial charge in [-0.2, -0.15) is 4.31 Å². The fraction of sp³-hybridized carbons (Fsp3) is 0.571. The van der Waals surface area contributed by atoms with Crippen molar-refractivity contribution in [3.8, 4) is 5.75 Å². The van der Waals surface area contributed by atoms with Gasteiger partial charge in [0.15, 0.2) is 0 Å². The highest BCUT2D eigenvalue weighted by atomic mass is 32.2. The Hall–Kier alpha value is -1.11. The van der Waals surface area contributed by atoms with Crippen molar-refractivity contribution in [2.75, 3.05) is 20.2 Å². The summed E-state index contributed by atoms with van der Waals surface area (Å²) in [6.45, 7) is 4.07. The summed E-state index contributed by atoms with van der Waals surface area (Å²) >= 11 is 0. The molecule has 1 heterocycles. The zero-order valence-corrected chi connectivity index (χ0v) is 12.9. The topological polar surface area (TPSA) is 66.8 Å². The third kappa shape index (κ3) is 2.97. The number of benzene rings is 1. The lowest BCUT2D eigenvalue weighted by atomic mass is 9.97. The number of sulfonamides is 1. The van der Waals surface area contributed by atoms with Crippen molar-refractivity contribution in [1.82, 2.24) is 4.31 Å². The standard InChI is InChI=1S/C14H21NO4S/c1-11-9-12(5-6-13(11)19-3)20(17,18)15-8-4-7-14(2,16)10-15/h5-6,9,16H,4,7-8,10H2,1-3H3. The molecule has 0 amide bonds. The molecule has 1 saturated heterocycles. The van der Waals surface area contributed by atoms with Gasteiger partial charge in [0.2, 0.25) is 10.0 Å². The molecule has 0 aromatic heterocycles. The maximum Gasteiger partial charge on any atom is 0.243 e. The molecule has 0 radical (unpaired) electrons. The van der Waals surface area contributed by atoms with Gasteiger partial charge < -0.3 is 9.84 Å². The second-order valence-corrected chi connectivity index (χ2v) is 7.51. The maximum absolute atomic E-state index is 12.6. The van der Waals surface area contributed by atoms with Crippen molar-refractivity contribution in [1.29, 1.82) is 0 Å². The quantitative estimate of drug-likeness (QED) is 0.919. The molecular formula is C14H21NO4S. The van der Waals surface area contributed by atoms with Crippen LogP contribution >= 0.6 is 0 Å². The van der Waals surface area contributed by atoms with Crippen LogP contribution in [0.2, 0.25) is 0 Å². The monoisotopic (exact) mass is 299 g/mol. The molecule has 0 bridgehead atoms. The first kappa shape index (κ1) is 15.3. The normalized spacial score (nSPS) is 24.6. The summed E-state index contributed by atoms with van der Waals surface area (Å²) in [7, 11) is -2.01. The number of hydrogen-bond acceptors (Lipinski definition) is 4. The van der Waals surface area contributed by atoms with E-state index >= 15 is 0 Å². The molecule has 1 atom stereocenters. The van der Waals surface area contributed by atoms with Crippen molar-refractivity contribution in [3.05, 3.63) is 23.8 Å². The first-order valence-corrected chi connectivity index (χ1v) is 8.07. The predicted molar refractivity (Wildman–Crippen MR) is 76.3 cm³/mol. The van der Waals surface area contributed by atoms with Crippen LogP contribution in [0.4, 0.5) is 0 Å². The largest absolute Gasteiger partial charge is 0.496 e. The molecule has 1 N–H and O–H groups in total. The molecule has 1 aromatic rings. The van der Waals surface area contributed by atoms with E-state index in [9.17, 15) is 13.5 Å². The second-order valence-electron chi connectivity index (χ2n) is 5.57. The van der Waals surface area contributed by atoms with Crippen LogP contribution in [-0.4, -0.2) is 43.6 Å². The number of rotatable bonds is 3. The van der Waals surface area contributed by atoms with E-state index in [1.54, 1.807) is 32.2 Å². The molecule has 20 heavy (non-hydrogen) atoms. The number of hydrogen-bond donors (Lipinski definition) is 1. The number of ether oxygens (including phenoxy) is 1. The highest BCUT2D eigenvalue weighted by molar-refractivity contribution is 7.89. The first-order valence-electron chi connectivity index (χ1n) is 6.63. The third-order valence-corrected chi connectivity index (χ3v) is 5.49. The summed E-state index contributed by atoms with van der Waals surface area (Å²) < 4.78 is 31.7. The molecule has 5 nitrogen and oxygen atoms in total. The van der Waals surface area contributed by atoms with Gasteiger partial charge in [0.1, 0.15) is 5.75 Å². The van der Waals surface area contributed by atoms with Gasteiger partial charge in [-0.3, -0.25) is 0 Å². The lowest BCUT2D eigenvalue weighted by Crippen LogP contribution is -2.48. The van der Waals surface area contributed by atoms with Crippen molar-refractivity contribution in [2.45, 2.75) is 37.2 Å². The Labute approximate surface area is 120 Å². The molecule has 0 aliphatic carbocycles. The van der Waals surface area contributed by atoms with Gasteiger partial charge in [-0.15, -0.1) is 0 Å². The second kappa shape index (κ2) is 5.35. The molecule has 112 valence electrons. The summed E-state index contributed by atoms with van der Waals surface area (Å²) in [6.07, 6.45) is 1.29. The minimum Gasteiger partial charge on any atom is -0.496 e. The summed E-state index contributed by atoms with van der Waals surface area (Å²) in [5, 5.41) is 10.1. The predicted octanol–water partition coefficient (Wildman–Crippen LogP) is 1.54. The van der Waals surface area contributed by atoms with Gasteiger partial charge in [0.05, 0.1) is 17.6 Å². The van der Waals surface area contributed by atoms with Gasteiger partial charge in [-0.1, -0.05) is 0 Å². The van der Waals surface area contributed by atoms with Gasteiger partial charge in [0.25, 0.3) is 0 Å². The molecule has 0 spiro atoms. The van der Waals surface area contributed by atoms with Gasteiger partial charge in [-0.05, 0) is 50.5 Å². The van der Waals surface area contributed by atoms with Crippen LogP contribution in [0.15, 0.2) is 23.1 Å². The zero-order chi connectivity index (χ0) is 15.0. The van der Waals surface area contributed by atoms with E-state index in [0.29, 0.717) is 25.1 Å². The highest BCUT2D eigenvalue weighted by Gasteiger charge is 2.35. The molecule has 2 rings (SSSR count). The van der Waals surface area contributed by atoms with E-state index in [2.05, 4.69) is 0 Å². The molecule has 1 aliphatic heterocycles. The molecule has 0 saturated carbocycles. The van der Waals surface area contributed by atoms with E-state index in [0.717, 1.165) is 5.56 Å². The summed E-state index contributed by atoms with van der Waals surface area (Å²) in [5.74, 6) is 0.662. The van der Waals surface area contributed by atoms with Crippen LogP contribution in [0, 0.1) is 6.92 Å². The van der Waals surface area contributed by atoms with E-state index in [4.69, 9.17) is 4.74 Å². The van der Waals surface area contributed by atoms with E-state index in [1.807, 2.05) is 6.92 Å². The molecule has 1 aliphatic rings. The summed E-state index contributed by atoms with van der Waals surface area (Å²) in [4.78, 5) is 0.244. The minimum atomic E-state index is -3.56. The van der Waals surface area contributed by atoms with Crippen LogP contribution < -0.4 is 4.74 Å². The fourth-order valence-electron chi connectivity index (χ4n) is 2.54.